The fourth-order valence-electron chi connectivity index (χ4n) is 5.57. The maximum absolute atomic E-state index is 12.9. The van der Waals surface area contributed by atoms with Gasteiger partial charge < -0.3 is 9.64 Å². The molecule has 0 bridgehead atoms. The Kier molecular flexibility index (Phi) is 6.17. The summed E-state index contributed by atoms with van der Waals surface area (Å²) in [7, 11) is 0. The first-order valence-corrected chi connectivity index (χ1v) is 12.5. The molecule has 3 amide bonds. The molecular formula is C28H30N2O5. The lowest BCUT2D eigenvalue weighted by atomic mass is 9.81. The van der Waals surface area contributed by atoms with Gasteiger partial charge in [0.2, 0.25) is 17.7 Å². The Morgan fingerprint density at radius 2 is 1.63 bits per heavy atom. The smallest absolute Gasteiger partial charge is 0.316 e. The number of esters is 1. The molecule has 7 nitrogen and oxygen atoms in total. The second-order valence-corrected chi connectivity index (χ2v) is 9.80. The quantitative estimate of drug-likeness (QED) is 0.369. The minimum absolute atomic E-state index is 0.102. The predicted octanol–water partition coefficient (Wildman–Crippen LogP) is 4.20. The van der Waals surface area contributed by atoms with Crippen molar-refractivity contribution in [3.63, 3.8) is 0 Å². The standard InChI is InChI=1S/C28H30N2O5/c1-3-18-8-10-20(11-9-18)29-16-19(15-25(29)31)28(34)35-21-12-13-24(17(2)14-21)30-26(32)22-6-4-5-7-23(22)27(30)33/h8-14,19,22-23H,3-7,15-16H2,1-2H3/t19-,22-,23+/m0/s1. The van der Waals surface area contributed by atoms with Gasteiger partial charge >= 0.3 is 5.97 Å². The highest BCUT2D eigenvalue weighted by Gasteiger charge is 2.49. The van der Waals surface area contributed by atoms with Crippen LogP contribution in [-0.2, 0) is 25.6 Å². The summed E-state index contributed by atoms with van der Waals surface area (Å²) in [5.41, 5.74) is 3.21. The summed E-state index contributed by atoms with van der Waals surface area (Å²) in [5, 5.41) is 0. The SMILES string of the molecule is CCc1ccc(N2C[C@@H](C(=O)Oc3ccc(N4C(=O)[C@H]5CCCC[C@H]5C4=O)c(C)c3)CC2=O)cc1. The van der Waals surface area contributed by atoms with Gasteiger partial charge in [-0.15, -0.1) is 0 Å². The second-order valence-electron chi connectivity index (χ2n) is 9.80. The molecule has 1 aliphatic carbocycles. The zero-order chi connectivity index (χ0) is 24.7. The molecule has 7 heteroatoms. The lowest BCUT2D eigenvalue weighted by Crippen LogP contribution is -2.31. The van der Waals surface area contributed by atoms with Crippen LogP contribution in [0.2, 0.25) is 0 Å². The first kappa shape index (κ1) is 23.3. The number of hydrogen-bond acceptors (Lipinski definition) is 5. The summed E-state index contributed by atoms with van der Waals surface area (Å²) in [4.78, 5) is 54.2. The molecule has 3 atom stereocenters. The van der Waals surface area contributed by atoms with Gasteiger partial charge in [0.25, 0.3) is 0 Å². The molecule has 0 N–H and O–H groups in total. The predicted molar refractivity (Wildman–Crippen MR) is 131 cm³/mol. The van der Waals surface area contributed by atoms with Crippen LogP contribution >= 0.6 is 0 Å². The lowest BCUT2D eigenvalue weighted by Gasteiger charge is -2.19. The van der Waals surface area contributed by atoms with Gasteiger partial charge in [-0.2, -0.15) is 0 Å². The number of hydrogen-bond donors (Lipinski definition) is 0. The van der Waals surface area contributed by atoms with Crippen LogP contribution in [-0.4, -0.2) is 30.2 Å². The molecule has 0 aromatic heterocycles. The van der Waals surface area contributed by atoms with Crippen molar-refractivity contribution in [1.29, 1.82) is 0 Å². The van der Waals surface area contributed by atoms with Gasteiger partial charge in [-0.1, -0.05) is 31.9 Å². The normalized spacial score (nSPS) is 24.2. The van der Waals surface area contributed by atoms with Gasteiger partial charge in [0.1, 0.15) is 5.75 Å². The number of nitrogens with zero attached hydrogens (tertiary/aromatic N) is 2. The molecule has 3 fully saturated rings. The van der Waals surface area contributed by atoms with Crippen molar-refractivity contribution in [2.45, 2.75) is 52.4 Å². The molecule has 0 spiro atoms. The van der Waals surface area contributed by atoms with E-state index in [0.29, 0.717) is 17.0 Å². The van der Waals surface area contributed by atoms with Crippen LogP contribution in [0.3, 0.4) is 0 Å². The number of carbonyl (C=O) groups excluding carboxylic acids is 4. The number of anilines is 2. The fourth-order valence-corrected chi connectivity index (χ4v) is 5.57. The van der Waals surface area contributed by atoms with Crippen LogP contribution in [0.25, 0.3) is 0 Å². The van der Waals surface area contributed by atoms with Crippen molar-refractivity contribution < 1.29 is 23.9 Å². The van der Waals surface area contributed by atoms with Crippen LogP contribution in [0.4, 0.5) is 11.4 Å². The van der Waals surface area contributed by atoms with Crippen LogP contribution < -0.4 is 14.5 Å². The van der Waals surface area contributed by atoms with Crippen LogP contribution in [0.5, 0.6) is 5.75 Å². The Morgan fingerprint density at radius 1 is 0.971 bits per heavy atom. The largest absolute Gasteiger partial charge is 0.426 e. The number of fused-ring (bicyclic) bond motifs is 1. The van der Waals surface area contributed by atoms with Gasteiger partial charge in [0.15, 0.2) is 0 Å². The van der Waals surface area contributed by atoms with Crippen molar-refractivity contribution in [3.8, 4) is 5.75 Å². The topological polar surface area (TPSA) is 84.0 Å². The van der Waals surface area contributed by atoms with Gasteiger partial charge in [-0.25, -0.2) is 4.90 Å². The molecule has 5 rings (SSSR count). The molecule has 2 heterocycles. The highest BCUT2D eigenvalue weighted by Crippen LogP contribution is 2.41. The van der Waals surface area contributed by atoms with E-state index in [9.17, 15) is 19.2 Å². The summed E-state index contributed by atoms with van der Waals surface area (Å²) >= 11 is 0. The van der Waals surface area contributed by atoms with E-state index in [1.54, 1.807) is 30.0 Å². The fraction of sp³-hybridized carbons (Fsp3) is 0.429. The van der Waals surface area contributed by atoms with E-state index in [2.05, 4.69) is 6.92 Å². The first-order valence-electron chi connectivity index (χ1n) is 12.5. The van der Waals surface area contributed by atoms with Crippen molar-refractivity contribution in [3.05, 3.63) is 53.6 Å². The summed E-state index contributed by atoms with van der Waals surface area (Å²) in [6.07, 6.45) is 4.51. The van der Waals surface area contributed by atoms with E-state index in [0.717, 1.165) is 37.8 Å². The molecule has 2 saturated heterocycles. The average Bonchev–Trinajstić information content (AvgIpc) is 3.37. The number of ether oxygens (including phenoxy) is 1. The van der Waals surface area contributed by atoms with E-state index >= 15 is 0 Å². The zero-order valence-electron chi connectivity index (χ0n) is 20.2. The number of amides is 3. The maximum Gasteiger partial charge on any atom is 0.316 e. The van der Waals surface area contributed by atoms with Gasteiger partial charge in [-0.05, 0) is 67.6 Å². The van der Waals surface area contributed by atoms with Crippen molar-refractivity contribution in [2.75, 3.05) is 16.3 Å². The minimum atomic E-state index is -0.557. The Balaban J connectivity index is 1.26. The molecule has 1 saturated carbocycles. The van der Waals surface area contributed by atoms with Gasteiger partial charge in [0.05, 0.1) is 23.4 Å². The van der Waals surface area contributed by atoms with Crippen molar-refractivity contribution >= 4 is 35.1 Å². The van der Waals surface area contributed by atoms with Crippen LogP contribution in [0, 0.1) is 24.7 Å². The number of carbonyl (C=O) groups is 4. The number of aryl methyl sites for hydroxylation is 2. The van der Waals surface area contributed by atoms with Crippen molar-refractivity contribution in [2.24, 2.45) is 17.8 Å². The summed E-state index contributed by atoms with van der Waals surface area (Å²) in [6, 6.07) is 12.8. The van der Waals surface area contributed by atoms with E-state index < -0.39 is 11.9 Å². The molecule has 2 aromatic rings. The average molecular weight is 475 g/mol. The molecule has 0 radical (unpaired) electrons. The van der Waals surface area contributed by atoms with E-state index in [4.69, 9.17) is 4.74 Å². The number of benzene rings is 2. The van der Waals surface area contributed by atoms with Gasteiger partial charge in [-0.3, -0.25) is 19.2 Å². The Morgan fingerprint density at radius 3 is 2.23 bits per heavy atom. The number of rotatable bonds is 5. The van der Waals surface area contributed by atoms with E-state index in [1.165, 1.54) is 10.5 Å². The summed E-state index contributed by atoms with van der Waals surface area (Å²) in [5.74, 6) is -1.45. The molecule has 2 aromatic carbocycles. The first-order chi connectivity index (χ1) is 16.9. The Bertz CT molecular complexity index is 1160. The van der Waals surface area contributed by atoms with Crippen LogP contribution in [0.15, 0.2) is 42.5 Å². The summed E-state index contributed by atoms with van der Waals surface area (Å²) in [6.45, 7) is 4.15. The third-order valence-electron chi connectivity index (χ3n) is 7.58. The van der Waals surface area contributed by atoms with E-state index in [1.807, 2.05) is 24.3 Å². The van der Waals surface area contributed by atoms with E-state index in [-0.39, 0.29) is 42.5 Å². The number of imide groups is 1. The Labute approximate surface area is 205 Å². The second kappa shape index (κ2) is 9.29. The highest BCUT2D eigenvalue weighted by molar-refractivity contribution is 6.22. The van der Waals surface area contributed by atoms with Crippen molar-refractivity contribution in [1.82, 2.24) is 0 Å². The lowest BCUT2D eigenvalue weighted by molar-refractivity contribution is -0.139. The summed E-state index contributed by atoms with van der Waals surface area (Å²) < 4.78 is 5.61. The van der Waals surface area contributed by atoms with Crippen LogP contribution in [0.1, 0.15) is 50.2 Å². The third kappa shape index (κ3) is 4.24. The molecule has 35 heavy (non-hydrogen) atoms. The Hall–Kier alpha value is -3.48. The molecule has 0 unspecified atom stereocenters. The molecule has 182 valence electrons. The van der Waals surface area contributed by atoms with Gasteiger partial charge in [0, 0.05) is 18.7 Å². The molecular weight excluding hydrogens is 444 g/mol. The highest BCUT2D eigenvalue weighted by atomic mass is 16.5. The monoisotopic (exact) mass is 474 g/mol. The molecule has 2 aliphatic heterocycles. The minimum Gasteiger partial charge on any atom is -0.426 e. The maximum atomic E-state index is 12.9. The third-order valence-corrected chi connectivity index (χ3v) is 7.58. The zero-order valence-corrected chi connectivity index (χ0v) is 20.2. The molecule has 3 aliphatic rings.